The molecule has 13 heteroatoms. The van der Waals surface area contributed by atoms with Crippen molar-refractivity contribution in [2.45, 2.75) is 77.6 Å². The predicted molar refractivity (Wildman–Crippen MR) is 188 cm³/mol. The molecule has 2 aliphatic rings. The van der Waals surface area contributed by atoms with Crippen molar-refractivity contribution in [3.05, 3.63) is 70.0 Å². The van der Waals surface area contributed by atoms with Crippen LogP contribution < -0.4 is 30.7 Å². The molecule has 1 saturated heterocycles. The lowest BCUT2D eigenvalue weighted by atomic mass is 9.90. The smallest absolute Gasteiger partial charge is 0.407 e. The number of ether oxygens (including phenoxy) is 3. The van der Waals surface area contributed by atoms with E-state index in [0.29, 0.717) is 28.8 Å². The number of aliphatic imine (C=N–C) groups is 1. The van der Waals surface area contributed by atoms with E-state index in [0.717, 1.165) is 36.8 Å². The monoisotopic (exact) mass is 686 g/mol. The van der Waals surface area contributed by atoms with E-state index < -0.39 is 17.7 Å². The van der Waals surface area contributed by atoms with Crippen molar-refractivity contribution in [2.75, 3.05) is 31.4 Å². The summed E-state index contributed by atoms with van der Waals surface area (Å²) < 4.78 is 16.4. The highest BCUT2D eigenvalue weighted by atomic mass is 35.5. The highest BCUT2D eigenvalue weighted by Crippen LogP contribution is 2.47. The summed E-state index contributed by atoms with van der Waals surface area (Å²) in [7, 11) is 2.95. The highest BCUT2D eigenvalue weighted by molar-refractivity contribution is 6.42. The molecule has 2 atom stereocenters. The van der Waals surface area contributed by atoms with Crippen molar-refractivity contribution in [2.24, 2.45) is 4.99 Å². The van der Waals surface area contributed by atoms with Crippen molar-refractivity contribution >= 4 is 52.5 Å². The molecule has 254 valence electrons. The lowest BCUT2D eigenvalue weighted by Gasteiger charge is -2.39. The van der Waals surface area contributed by atoms with Gasteiger partial charge in [-0.05, 0) is 58.2 Å². The first-order valence-corrected chi connectivity index (χ1v) is 16.2. The molecule has 1 heterocycles. The highest BCUT2D eigenvalue weighted by Gasteiger charge is 2.38. The molecule has 0 radical (unpaired) electrons. The Balaban J connectivity index is 1.70. The second kappa shape index (κ2) is 15.2. The Morgan fingerprint density at radius 2 is 1.70 bits per heavy atom. The molecule has 2 unspecified atom stereocenters. The topological polar surface area (TPSA) is 131 Å². The number of halogens is 2. The Morgan fingerprint density at radius 3 is 2.26 bits per heavy atom. The summed E-state index contributed by atoms with van der Waals surface area (Å²) in [5, 5.41) is 6.74. The van der Waals surface area contributed by atoms with E-state index in [9.17, 15) is 9.59 Å². The molecule has 47 heavy (non-hydrogen) atoms. The zero-order chi connectivity index (χ0) is 34.5. The summed E-state index contributed by atoms with van der Waals surface area (Å²) in [5.41, 5.74) is 7.80. The molecule has 0 spiro atoms. The minimum absolute atomic E-state index is 0.108. The van der Waals surface area contributed by atoms with E-state index in [4.69, 9.17) is 48.1 Å². The fraction of sp³-hybridized carbons (Fsp3) is 0.441. The summed E-state index contributed by atoms with van der Waals surface area (Å²) >= 11 is 13.5. The van der Waals surface area contributed by atoms with Crippen LogP contribution in [0.3, 0.4) is 0 Å². The molecule has 3 amide bonds. The number of rotatable bonds is 9. The first-order chi connectivity index (χ1) is 22.3. The minimum Gasteiger partial charge on any atom is -0.495 e. The van der Waals surface area contributed by atoms with Crippen LogP contribution in [0.4, 0.5) is 21.0 Å². The van der Waals surface area contributed by atoms with Gasteiger partial charge >= 0.3 is 12.1 Å². The number of nitrogen functional groups attached to an aromatic ring is 1. The summed E-state index contributed by atoms with van der Waals surface area (Å²) in [5.74, 6) is 1.36. The number of anilines is 2. The van der Waals surface area contributed by atoms with Crippen LogP contribution in [-0.4, -0.2) is 61.3 Å². The van der Waals surface area contributed by atoms with E-state index in [-0.39, 0.29) is 40.9 Å². The number of allylic oxidation sites excluding steroid dienone is 1. The number of hydrogen-bond acceptors (Lipinski definition) is 8. The molecule has 4 rings (SSSR count). The first kappa shape index (κ1) is 35.8. The zero-order valence-electron chi connectivity index (χ0n) is 27.8. The van der Waals surface area contributed by atoms with Crippen molar-refractivity contribution < 1.29 is 23.8 Å². The number of benzene rings is 2. The normalized spacial score (nSPS) is 20.3. The number of nitrogens with two attached hydrogens (primary N) is 1. The molecule has 4 N–H and O–H groups in total. The third kappa shape index (κ3) is 8.64. The number of amides is 3. The average Bonchev–Trinajstić information content (AvgIpc) is 3.00. The zero-order valence-corrected chi connectivity index (χ0v) is 29.3. The van der Waals surface area contributed by atoms with Crippen molar-refractivity contribution in [1.29, 1.82) is 0 Å². The SMILES string of the molecule is C=C(N=C1/C(=C\C)CN(c2c(Cl)c(OC)cc(OC)c2Cl)C(=O)N1Cc1cccc(N)c1)NC1CCCCC1NC(=O)OC(C)(C)C. The number of urea groups is 1. The number of nitrogens with one attached hydrogen (secondary N) is 2. The first-order valence-electron chi connectivity index (χ1n) is 15.5. The largest absolute Gasteiger partial charge is 0.495 e. The van der Waals surface area contributed by atoms with Crippen LogP contribution in [0.1, 0.15) is 58.9 Å². The molecular formula is C34H44Cl2N6O5. The number of amidine groups is 1. The lowest BCUT2D eigenvalue weighted by molar-refractivity contribution is 0.0481. The average molecular weight is 688 g/mol. The van der Waals surface area contributed by atoms with Crippen molar-refractivity contribution in [3.63, 3.8) is 0 Å². The maximum atomic E-state index is 14.5. The molecule has 11 nitrogen and oxygen atoms in total. The van der Waals surface area contributed by atoms with Crippen molar-refractivity contribution in [3.8, 4) is 11.5 Å². The lowest BCUT2D eigenvalue weighted by Crippen LogP contribution is -2.54. The number of nitrogens with zero attached hydrogens (tertiary/aromatic N) is 3. The van der Waals surface area contributed by atoms with Gasteiger partial charge in [-0.15, -0.1) is 0 Å². The Kier molecular flexibility index (Phi) is 11.6. The molecule has 1 aliphatic heterocycles. The van der Waals surface area contributed by atoms with Gasteiger partial charge in [0.05, 0.1) is 39.0 Å². The van der Waals surface area contributed by atoms with Gasteiger partial charge in [-0.25, -0.2) is 14.6 Å². The van der Waals surface area contributed by atoms with Gasteiger partial charge in [-0.3, -0.25) is 9.80 Å². The van der Waals surface area contributed by atoms with E-state index in [2.05, 4.69) is 17.2 Å². The van der Waals surface area contributed by atoms with Crippen molar-refractivity contribution in [1.82, 2.24) is 15.5 Å². The van der Waals surface area contributed by atoms with Crippen LogP contribution in [0.2, 0.25) is 10.0 Å². The maximum absolute atomic E-state index is 14.5. The van der Waals surface area contributed by atoms with E-state index in [1.807, 2.05) is 45.9 Å². The molecule has 2 aromatic rings. The number of carbonyl (C=O) groups excluding carboxylic acids is 2. The third-order valence-corrected chi connectivity index (χ3v) is 8.59. The summed E-state index contributed by atoms with van der Waals surface area (Å²) in [6.45, 7) is 11.8. The molecular weight excluding hydrogens is 643 g/mol. The molecule has 0 aromatic heterocycles. The van der Waals surface area contributed by atoms with Gasteiger partial charge < -0.3 is 30.6 Å². The van der Waals surface area contributed by atoms with Crippen LogP contribution in [0, 0.1) is 0 Å². The van der Waals surface area contributed by atoms with Crippen LogP contribution >= 0.6 is 23.2 Å². The quantitative estimate of drug-likeness (QED) is 0.236. The van der Waals surface area contributed by atoms with Crippen LogP contribution in [0.25, 0.3) is 0 Å². The second-order valence-electron chi connectivity index (χ2n) is 12.4. The fourth-order valence-electron chi connectivity index (χ4n) is 5.68. The molecule has 1 saturated carbocycles. The molecule has 0 bridgehead atoms. The Morgan fingerprint density at radius 1 is 1.09 bits per heavy atom. The predicted octanol–water partition coefficient (Wildman–Crippen LogP) is 7.28. The summed E-state index contributed by atoms with van der Waals surface area (Å²) in [6, 6.07) is 8.11. The number of alkyl carbamates (subject to hydrolysis) is 1. The summed E-state index contributed by atoms with van der Waals surface area (Å²) in [4.78, 5) is 34.9. The molecule has 2 fully saturated rings. The van der Waals surface area contributed by atoms with E-state index in [1.54, 1.807) is 18.2 Å². The van der Waals surface area contributed by atoms with Crippen LogP contribution in [0.5, 0.6) is 11.5 Å². The van der Waals surface area contributed by atoms with Gasteiger partial charge in [0, 0.05) is 23.4 Å². The van der Waals surface area contributed by atoms with Gasteiger partial charge in [-0.2, -0.15) is 0 Å². The number of methoxy groups -OCH3 is 2. The van der Waals surface area contributed by atoms with Crippen LogP contribution in [0.15, 0.2) is 59.4 Å². The van der Waals surface area contributed by atoms with Gasteiger partial charge in [0.1, 0.15) is 38.8 Å². The van der Waals surface area contributed by atoms with Crippen LogP contribution in [-0.2, 0) is 11.3 Å². The second-order valence-corrected chi connectivity index (χ2v) is 13.2. The van der Waals surface area contributed by atoms with Gasteiger partial charge in [0.25, 0.3) is 0 Å². The third-order valence-electron chi connectivity index (χ3n) is 7.85. The summed E-state index contributed by atoms with van der Waals surface area (Å²) in [6.07, 6.45) is 4.94. The minimum atomic E-state index is -0.612. The molecule has 2 aromatic carbocycles. The maximum Gasteiger partial charge on any atom is 0.407 e. The van der Waals surface area contributed by atoms with E-state index >= 15 is 0 Å². The number of carbonyl (C=O) groups is 2. The van der Waals surface area contributed by atoms with Gasteiger partial charge in [0.2, 0.25) is 0 Å². The molecule has 1 aliphatic carbocycles. The Hall–Kier alpha value is -4.09. The number of hydrogen-bond donors (Lipinski definition) is 3. The van der Waals surface area contributed by atoms with E-state index in [1.165, 1.54) is 24.0 Å². The van der Waals surface area contributed by atoms with Gasteiger partial charge in [0.15, 0.2) is 0 Å². The fourth-order valence-corrected chi connectivity index (χ4v) is 6.39. The van der Waals surface area contributed by atoms with Gasteiger partial charge in [-0.1, -0.05) is 60.8 Å². The Labute approximate surface area is 286 Å². The standard InChI is InChI=1S/C34H44Cl2N6O5/c1-8-22-19-41(30-28(35)26(45-6)17-27(46-7)29(30)36)33(44)42(18-21-12-11-13-23(37)16-21)31(22)39-20(2)38-24-14-9-10-15-25(24)40-32(43)47-34(3,4)5/h8,11-13,16-17,24-25,38H,2,9-10,14-15,18-19,37H2,1,3-7H3,(H,40,43)/b22-8-,39-31?. The Bertz CT molecular complexity index is 1540.